The fourth-order valence-electron chi connectivity index (χ4n) is 2.79. The SMILES string of the molecule is C[C@H](NC(=O)c1cccc([N+](=O)[O-])c1)c1ccc(NC(=O)Nc2ccccc2)cc1. The molecule has 30 heavy (non-hydrogen) atoms. The number of urea groups is 1. The molecular weight excluding hydrogens is 384 g/mol. The molecule has 0 saturated heterocycles. The highest BCUT2D eigenvalue weighted by molar-refractivity contribution is 5.99. The normalized spacial score (nSPS) is 11.2. The van der Waals surface area contributed by atoms with Gasteiger partial charge in [-0.1, -0.05) is 36.4 Å². The molecule has 3 aromatic rings. The standard InChI is InChI=1S/C22H20N4O4/c1-15(23-21(27)17-6-5-9-20(14-17)26(29)30)16-10-12-19(13-11-16)25-22(28)24-18-7-3-2-4-8-18/h2-15H,1H3,(H,23,27)(H2,24,25,28)/t15-/m0/s1. The first-order chi connectivity index (χ1) is 14.4. The maximum absolute atomic E-state index is 12.4. The van der Waals surface area contributed by atoms with E-state index >= 15 is 0 Å². The summed E-state index contributed by atoms with van der Waals surface area (Å²) in [4.78, 5) is 34.8. The van der Waals surface area contributed by atoms with Crippen LogP contribution in [0.2, 0.25) is 0 Å². The molecule has 0 heterocycles. The van der Waals surface area contributed by atoms with Crippen LogP contribution in [0.1, 0.15) is 28.9 Å². The summed E-state index contributed by atoms with van der Waals surface area (Å²) in [6.45, 7) is 1.81. The Hall–Kier alpha value is -4.20. The summed E-state index contributed by atoms with van der Waals surface area (Å²) in [5, 5.41) is 19.1. The molecule has 0 radical (unpaired) electrons. The minimum atomic E-state index is -0.542. The topological polar surface area (TPSA) is 113 Å². The number of hydrogen-bond acceptors (Lipinski definition) is 4. The molecule has 3 aromatic carbocycles. The van der Waals surface area contributed by atoms with Crippen molar-refractivity contribution in [1.82, 2.24) is 5.32 Å². The van der Waals surface area contributed by atoms with Crippen molar-refractivity contribution in [3.63, 3.8) is 0 Å². The van der Waals surface area contributed by atoms with E-state index in [-0.39, 0.29) is 23.3 Å². The van der Waals surface area contributed by atoms with Crippen LogP contribution in [0.15, 0.2) is 78.9 Å². The van der Waals surface area contributed by atoms with Gasteiger partial charge in [0.2, 0.25) is 0 Å². The molecule has 3 rings (SSSR count). The van der Waals surface area contributed by atoms with Crippen LogP contribution in [0.5, 0.6) is 0 Å². The summed E-state index contributed by atoms with van der Waals surface area (Å²) >= 11 is 0. The Bertz CT molecular complexity index is 1050. The van der Waals surface area contributed by atoms with E-state index in [1.807, 2.05) is 18.2 Å². The van der Waals surface area contributed by atoms with Crippen LogP contribution in [-0.2, 0) is 0 Å². The third-order valence-corrected chi connectivity index (χ3v) is 4.37. The van der Waals surface area contributed by atoms with Crippen LogP contribution in [0.4, 0.5) is 21.9 Å². The van der Waals surface area contributed by atoms with E-state index < -0.39 is 10.8 Å². The molecule has 0 saturated carbocycles. The second kappa shape index (κ2) is 9.33. The Morgan fingerprint density at radius 2 is 1.50 bits per heavy atom. The zero-order chi connectivity index (χ0) is 21.5. The van der Waals surface area contributed by atoms with E-state index in [4.69, 9.17) is 0 Å². The lowest BCUT2D eigenvalue weighted by Crippen LogP contribution is -2.26. The van der Waals surface area contributed by atoms with Crippen LogP contribution >= 0.6 is 0 Å². The van der Waals surface area contributed by atoms with E-state index in [1.165, 1.54) is 24.3 Å². The highest BCUT2D eigenvalue weighted by atomic mass is 16.6. The lowest BCUT2D eigenvalue weighted by Gasteiger charge is -2.15. The highest BCUT2D eigenvalue weighted by Gasteiger charge is 2.14. The van der Waals surface area contributed by atoms with Crippen molar-refractivity contribution in [2.75, 3.05) is 10.6 Å². The number of carbonyl (C=O) groups excluding carboxylic acids is 2. The number of carbonyl (C=O) groups is 2. The number of nitro benzene ring substituents is 1. The van der Waals surface area contributed by atoms with Gasteiger partial charge in [0.15, 0.2) is 0 Å². The summed E-state index contributed by atoms with van der Waals surface area (Å²) in [6.07, 6.45) is 0. The molecule has 8 nitrogen and oxygen atoms in total. The van der Waals surface area contributed by atoms with E-state index in [2.05, 4.69) is 16.0 Å². The van der Waals surface area contributed by atoms with Crippen molar-refractivity contribution < 1.29 is 14.5 Å². The van der Waals surface area contributed by atoms with Crippen LogP contribution < -0.4 is 16.0 Å². The first-order valence-electron chi connectivity index (χ1n) is 9.21. The van der Waals surface area contributed by atoms with Crippen LogP contribution in [-0.4, -0.2) is 16.9 Å². The number of amides is 3. The summed E-state index contributed by atoms with van der Waals surface area (Å²) in [5.41, 5.74) is 2.18. The van der Waals surface area contributed by atoms with Gasteiger partial charge in [0.05, 0.1) is 11.0 Å². The van der Waals surface area contributed by atoms with Crippen molar-refractivity contribution in [3.05, 3.63) is 100 Å². The van der Waals surface area contributed by atoms with Crippen LogP contribution in [0, 0.1) is 10.1 Å². The first-order valence-corrected chi connectivity index (χ1v) is 9.21. The summed E-state index contributed by atoms with van der Waals surface area (Å²) in [7, 11) is 0. The average Bonchev–Trinajstić information content (AvgIpc) is 2.75. The second-order valence-corrected chi connectivity index (χ2v) is 6.57. The molecule has 152 valence electrons. The molecule has 0 aliphatic heterocycles. The molecule has 0 fully saturated rings. The van der Waals surface area contributed by atoms with Gasteiger partial charge < -0.3 is 16.0 Å². The minimum absolute atomic E-state index is 0.139. The van der Waals surface area contributed by atoms with Gasteiger partial charge in [0.1, 0.15) is 0 Å². The molecule has 0 aromatic heterocycles. The van der Waals surface area contributed by atoms with Crippen molar-refractivity contribution in [3.8, 4) is 0 Å². The number of para-hydroxylation sites is 1. The predicted octanol–water partition coefficient (Wildman–Crippen LogP) is 4.73. The molecule has 3 N–H and O–H groups in total. The van der Waals surface area contributed by atoms with Gasteiger partial charge in [-0.05, 0) is 42.8 Å². The smallest absolute Gasteiger partial charge is 0.323 e. The third kappa shape index (κ3) is 5.41. The maximum Gasteiger partial charge on any atom is 0.323 e. The average molecular weight is 404 g/mol. The predicted molar refractivity (Wildman–Crippen MR) is 115 cm³/mol. The zero-order valence-electron chi connectivity index (χ0n) is 16.2. The first kappa shape index (κ1) is 20.5. The van der Waals surface area contributed by atoms with E-state index in [9.17, 15) is 19.7 Å². The number of nitro groups is 1. The third-order valence-electron chi connectivity index (χ3n) is 4.37. The fourth-order valence-corrected chi connectivity index (χ4v) is 2.79. The van der Waals surface area contributed by atoms with Crippen molar-refractivity contribution >= 4 is 29.0 Å². The molecule has 0 aliphatic rings. The van der Waals surface area contributed by atoms with Gasteiger partial charge in [-0.15, -0.1) is 0 Å². The Labute approximate surface area is 173 Å². The molecule has 1 atom stereocenters. The maximum atomic E-state index is 12.4. The highest BCUT2D eigenvalue weighted by Crippen LogP contribution is 2.18. The van der Waals surface area contributed by atoms with E-state index in [0.29, 0.717) is 11.4 Å². The number of anilines is 2. The van der Waals surface area contributed by atoms with Gasteiger partial charge in [0.25, 0.3) is 11.6 Å². The molecule has 0 bridgehead atoms. The number of nitrogens with one attached hydrogen (secondary N) is 3. The number of nitrogens with zero attached hydrogens (tertiary/aromatic N) is 1. The molecule has 0 unspecified atom stereocenters. The molecule has 8 heteroatoms. The van der Waals surface area contributed by atoms with Crippen LogP contribution in [0.3, 0.4) is 0 Å². The lowest BCUT2D eigenvalue weighted by molar-refractivity contribution is -0.384. The van der Waals surface area contributed by atoms with E-state index in [0.717, 1.165) is 5.56 Å². The largest absolute Gasteiger partial charge is 0.346 e. The Morgan fingerprint density at radius 3 is 2.13 bits per heavy atom. The molecule has 0 spiro atoms. The minimum Gasteiger partial charge on any atom is -0.346 e. The van der Waals surface area contributed by atoms with Gasteiger partial charge in [-0.2, -0.15) is 0 Å². The monoisotopic (exact) mass is 404 g/mol. The van der Waals surface area contributed by atoms with Gasteiger partial charge in [-0.25, -0.2) is 4.79 Å². The number of rotatable bonds is 6. The zero-order valence-corrected chi connectivity index (χ0v) is 16.2. The van der Waals surface area contributed by atoms with Crippen molar-refractivity contribution in [2.24, 2.45) is 0 Å². The lowest BCUT2D eigenvalue weighted by atomic mass is 10.1. The molecule has 0 aliphatic carbocycles. The molecule has 3 amide bonds. The van der Waals surface area contributed by atoms with Crippen LogP contribution in [0.25, 0.3) is 0 Å². The van der Waals surface area contributed by atoms with Crippen molar-refractivity contribution in [2.45, 2.75) is 13.0 Å². The Morgan fingerprint density at radius 1 is 0.867 bits per heavy atom. The van der Waals surface area contributed by atoms with Gasteiger partial charge in [0, 0.05) is 29.1 Å². The van der Waals surface area contributed by atoms with Gasteiger partial charge >= 0.3 is 6.03 Å². The second-order valence-electron chi connectivity index (χ2n) is 6.57. The van der Waals surface area contributed by atoms with E-state index in [1.54, 1.807) is 43.3 Å². The van der Waals surface area contributed by atoms with Crippen molar-refractivity contribution in [1.29, 1.82) is 0 Å². The van der Waals surface area contributed by atoms with Gasteiger partial charge in [-0.3, -0.25) is 14.9 Å². The summed E-state index contributed by atoms with van der Waals surface area (Å²) in [5.74, 6) is -0.407. The quantitative estimate of drug-likeness (QED) is 0.407. The summed E-state index contributed by atoms with van der Waals surface area (Å²) < 4.78 is 0. The molecular formula is C22H20N4O4. The number of benzene rings is 3. The number of hydrogen-bond donors (Lipinski definition) is 3. The Balaban J connectivity index is 1.58. The fraction of sp³-hybridized carbons (Fsp3) is 0.0909. The summed E-state index contributed by atoms with van der Waals surface area (Å²) in [6, 6.07) is 21.0. The number of non-ortho nitro benzene ring substituents is 1. The Kier molecular flexibility index (Phi) is 6.39.